The van der Waals surface area contributed by atoms with Crippen LogP contribution in [0.4, 0.5) is 5.13 Å². The predicted octanol–water partition coefficient (Wildman–Crippen LogP) is 3.48. The molecule has 3 N–H and O–H groups in total. The lowest BCUT2D eigenvalue weighted by Gasteiger charge is -2.04. The zero-order valence-corrected chi connectivity index (χ0v) is 20.0. The summed E-state index contributed by atoms with van der Waals surface area (Å²) < 4.78 is 24.4. The number of hydrogen-bond donors (Lipinski definition) is 2. The van der Waals surface area contributed by atoms with E-state index in [2.05, 4.69) is 20.6 Å². The second kappa shape index (κ2) is 9.02. The highest BCUT2D eigenvalue weighted by molar-refractivity contribution is 7.89. The Hall–Kier alpha value is -3.12. The van der Waals surface area contributed by atoms with Gasteiger partial charge in [0.15, 0.2) is 10.8 Å². The van der Waals surface area contributed by atoms with Gasteiger partial charge >= 0.3 is 0 Å². The van der Waals surface area contributed by atoms with E-state index in [1.165, 1.54) is 23.5 Å². The fourth-order valence-electron chi connectivity index (χ4n) is 3.15. The topological polar surface area (TPSA) is 133 Å². The maximum Gasteiger partial charge on any atom is 0.279 e. The molecule has 4 rings (SSSR count). The van der Waals surface area contributed by atoms with Crippen molar-refractivity contribution < 1.29 is 13.2 Å². The van der Waals surface area contributed by atoms with E-state index < -0.39 is 15.9 Å². The molecule has 2 heterocycles. The van der Waals surface area contributed by atoms with Gasteiger partial charge in [0.25, 0.3) is 5.91 Å². The highest BCUT2D eigenvalue weighted by Crippen LogP contribution is 2.26. The maximum atomic E-state index is 12.8. The number of aromatic nitrogens is 4. The van der Waals surface area contributed by atoms with E-state index in [4.69, 9.17) is 16.7 Å². The van der Waals surface area contributed by atoms with Crippen LogP contribution >= 0.6 is 22.9 Å². The average Bonchev–Trinajstić information content (AvgIpc) is 3.30. The highest BCUT2D eigenvalue weighted by Gasteiger charge is 2.19. The molecule has 12 heteroatoms. The molecule has 170 valence electrons. The standard InChI is InChI=1S/C21H19ClN6O3S2/c1-12-18(11-14-3-9-17(10-4-14)33(23,30)31)32-21(24-12)25-20(29)19-13(2)28(27-26-19)16-7-5-15(22)6-8-16/h3-10H,11H2,1-2H3,(H2,23,30,31)(H,24,25,29). The van der Waals surface area contributed by atoms with Gasteiger partial charge < -0.3 is 0 Å². The summed E-state index contributed by atoms with van der Waals surface area (Å²) in [7, 11) is -3.73. The molecule has 9 nitrogen and oxygen atoms in total. The molecule has 0 radical (unpaired) electrons. The molecule has 0 atom stereocenters. The highest BCUT2D eigenvalue weighted by atomic mass is 35.5. The Bertz CT molecular complexity index is 1430. The van der Waals surface area contributed by atoms with Gasteiger partial charge in [-0.2, -0.15) is 0 Å². The molecule has 0 saturated heterocycles. The number of amides is 1. The number of aryl methyl sites for hydroxylation is 1. The van der Waals surface area contributed by atoms with Crippen LogP contribution in [-0.4, -0.2) is 34.3 Å². The predicted molar refractivity (Wildman–Crippen MR) is 127 cm³/mol. The van der Waals surface area contributed by atoms with Crippen LogP contribution in [0.1, 0.15) is 32.3 Å². The van der Waals surface area contributed by atoms with Crippen molar-refractivity contribution in [1.29, 1.82) is 0 Å². The number of nitrogens with zero attached hydrogens (tertiary/aromatic N) is 4. The number of carbonyl (C=O) groups is 1. The van der Waals surface area contributed by atoms with Crippen LogP contribution in [0.3, 0.4) is 0 Å². The van der Waals surface area contributed by atoms with Gasteiger partial charge in [0.1, 0.15) is 0 Å². The van der Waals surface area contributed by atoms with Crippen molar-refractivity contribution in [1.82, 2.24) is 20.0 Å². The first-order chi connectivity index (χ1) is 15.6. The summed E-state index contributed by atoms with van der Waals surface area (Å²) >= 11 is 7.27. The van der Waals surface area contributed by atoms with Crippen LogP contribution in [0, 0.1) is 13.8 Å². The van der Waals surface area contributed by atoms with Crippen LogP contribution in [0.5, 0.6) is 0 Å². The molecular weight excluding hydrogens is 484 g/mol. The summed E-state index contributed by atoms with van der Waals surface area (Å²) in [5, 5.41) is 17.1. The quantitative estimate of drug-likeness (QED) is 0.414. The molecule has 33 heavy (non-hydrogen) atoms. The Morgan fingerprint density at radius 2 is 1.79 bits per heavy atom. The molecule has 1 amide bonds. The molecular formula is C21H19ClN6O3S2. The second-order valence-corrected chi connectivity index (χ2v) is 10.3. The van der Waals surface area contributed by atoms with Crippen molar-refractivity contribution in [3.05, 3.63) is 81.1 Å². The number of hydrogen-bond acceptors (Lipinski definition) is 7. The van der Waals surface area contributed by atoms with Crippen LogP contribution in [-0.2, 0) is 16.4 Å². The minimum Gasteiger partial charge on any atom is -0.296 e. The third kappa shape index (κ3) is 5.11. The Kier molecular flexibility index (Phi) is 6.30. The minimum absolute atomic E-state index is 0.0576. The van der Waals surface area contributed by atoms with Gasteiger partial charge in [0.2, 0.25) is 10.0 Å². The molecule has 0 aliphatic heterocycles. The van der Waals surface area contributed by atoms with Gasteiger partial charge in [-0.25, -0.2) is 23.2 Å². The SMILES string of the molecule is Cc1nc(NC(=O)c2nnn(-c3ccc(Cl)cc3)c2C)sc1Cc1ccc(S(N)(=O)=O)cc1. The monoisotopic (exact) mass is 502 g/mol. The lowest BCUT2D eigenvalue weighted by atomic mass is 10.1. The van der Waals surface area contributed by atoms with Crippen LogP contribution in [0.15, 0.2) is 53.4 Å². The maximum absolute atomic E-state index is 12.8. The third-order valence-corrected chi connectivity index (χ3v) is 7.16. The lowest BCUT2D eigenvalue weighted by Crippen LogP contribution is -2.14. The summed E-state index contributed by atoms with van der Waals surface area (Å²) in [6, 6.07) is 13.4. The average molecular weight is 503 g/mol. The number of sulfonamides is 1. The number of primary sulfonamides is 1. The van der Waals surface area contributed by atoms with Crippen molar-refractivity contribution in [2.24, 2.45) is 5.14 Å². The van der Waals surface area contributed by atoms with Crippen LogP contribution in [0.2, 0.25) is 5.02 Å². The fourth-order valence-corrected chi connectivity index (χ4v) is 4.78. The molecule has 4 aromatic rings. The number of benzene rings is 2. The Balaban J connectivity index is 1.49. The van der Waals surface area contributed by atoms with E-state index in [-0.39, 0.29) is 10.6 Å². The normalized spacial score (nSPS) is 11.5. The van der Waals surface area contributed by atoms with Crippen molar-refractivity contribution in [3.63, 3.8) is 0 Å². The number of thiazole rings is 1. The number of nitrogens with two attached hydrogens (primary N) is 1. The minimum atomic E-state index is -3.73. The Labute approximate surface area is 199 Å². The van der Waals surface area contributed by atoms with E-state index in [0.29, 0.717) is 22.3 Å². The molecule has 0 unspecified atom stereocenters. The van der Waals surface area contributed by atoms with Crippen LogP contribution < -0.4 is 10.5 Å². The van der Waals surface area contributed by atoms with E-state index in [1.54, 1.807) is 48.0 Å². The summed E-state index contributed by atoms with van der Waals surface area (Å²) in [5.41, 5.74) is 3.18. The smallest absolute Gasteiger partial charge is 0.279 e. The summed E-state index contributed by atoms with van der Waals surface area (Å²) in [6.07, 6.45) is 0.538. The van der Waals surface area contributed by atoms with Gasteiger partial charge in [-0.15, -0.1) is 16.4 Å². The van der Waals surface area contributed by atoms with Gasteiger partial charge in [-0.1, -0.05) is 28.9 Å². The second-order valence-electron chi connectivity index (χ2n) is 7.26. The van der Waals surface area contributed by atoms with Gasteiger partial charge in [0, 0.05) is 16.3 Å². The molecule has 0 aliphatic rings. The molecule has 0 bridgehead atoms. The molecule has 2 aromatic heterocycles. The zero-order valence-electron chi connectivity index (χ0n) is 17.6. The van der Waals surface area contributed by atoms with Gasteiger partial charge in [0.05, 0.1) is 22.0 Å². The van der Waals surface area contributed by atoms with Crippen molar-refractivity contribution in [2.75, 3.05) is 5.32 Å². The Morgan fingerprint density at radius 3 is 2.42 bits per heavy atom. The Morgan fingerprint density at radius 1 is 1.12 bits per heavy atom. The van der Waals surface area contributed by atoms with Crippen molar-refractivity contribution >= 4 is 44.0 Å². The van der Waals surface area contributed by atoms with E-state index in [9.17, 15) is 13.2 Å². The summed E-state index contributed by atoms with van der Waals surface area (Å²) in [5.74, 6) is -0.412. The first-order valence-electron chi connectivity index (χ1n) is 9.69. The van der Waals surface area contributed by atoms with Gasteiger partial charge in [-0.3, -0.25) is 10.1 Å². The molecule has 0 saturated carbocycles. The van der Waals surface area contributed by atoms with E-state index in [1.807, 2.05) is 6.92 Å². The number of halogens is 1. The lowest BCUT2D eigenvalue weighted by molar-refractivity contribution is 0.102. The number of rotatable bonds is 6. The molecule has 0 fully saturated rings. The molecule has 0 aliphatic carbocycles. The number of anilines is 1. The fraction of sp³-hybridized carbons (Fsp3) is 0.143. The largest absolute Gasteiger partial charge is 0.296 e. The molecule has 0 spiro atoms. The zero-order chi connectivity index (χ0) is 23.8. The van der Waals surface area contributed by atoms with E-state index >= 15 is 0 Å². The number of nitrogens with one attached hydrogen (secondary N) is 1. The molecule has 2 aromatic carbocycles. The summed E-state index contributed by atoms with van der Waals surface area (Å²) in [4.78, 5) is 18.2. The first-order valence-corrected chi connectivity index (χ1v) is 12.4. The van der Waals surface area contributed by atoms with Crippen LogP contribution in [0.25, 0.3) is 5.69 Å². The number of carbonyl (C=O) groups excluding carboxylic acids is 1. The van der Waals surface area contributed by atoms with Crippen molar-refractivity contribution in [3.8, 4) is 5.69 Å². The van der Waals surface area contributed by atoms with E-state index in [0.717, 1.165) is 21.8 Å². The van der Waals surface area contributed by atoms with Crippen molar-refractivity contribution in [2.45, 2.75) is 25.2 Å². The first kappa shape index (κ1) is 23.1. The third-order valence-electron chi connectivity index (χ3n) is 4.91. The van der Waals surface area contributed by atoms with Gasteiger partial charge in [-0.05, 0) is 55.8 Å². The summed E-state index contributed by atoms with van der Waals surface area (Å²) in [6.45, 7) is 3.61.